The summed E-state index contributed by atoms with van der Waals surface area (Å²) in [4.78, 5) is 61.4. The van der Waals surface area contributed by atoms with Gasteiger partial charge in [-0.1, -0.05) is 36.8 Å². The van der Waals surface area contributed by atoms with E-state index in [-0.39, 0.29) is 42.9 Å². The molecule has 0 aromatic heterocycles. The first kappa shape index (κ1) is 34.8. The number of benzene rings is 2. The van der Waals surface area contributed by atoms with Crippen LogP contribution in [0.25, 0.3) is 0 Å². The van der Waals surface area contributed by atoms with Crippen LogP contribution in [0, 0.1) is 17.5 Å². The molecule has 2 aliphatic heterocycles. The van der Waals surface area contributed by atoms with Gasteiger partial charge in [0.05, 0.1) is 23.7 Å². The fraction of sp³-hybridized carbons (Fsp3) is 0.469. The summed E-state index contributed by atoms with van der Waals surface area (Å²) in [6.07, 6.45) is 4.88. The normalized spacial score (nSPS) is 19.7. The molecule has 5 amide bonds. The minimum atomic E-state index is -1.45. The lowest BCUT2D eigenvalue weighted by Gasteiger charge is -2.21. The zero-order valence-electron chi connectivity index (χ0n) is 25.2. The fourth-order valence-electron chi connectivity index (χ4n) is 5.53. The van der Waals surface area contributed by atoms with Gasteiger partial charge in [0.15, 0.2) is 11.6 Å². The number of carbonyl (C=O) groups is 5. The minimum absolute atomic E-state index is 0.00428. The summed E-state index contributed by atoms with van der Waals surface area (Å²) in [7, 11) is 0. The molecule has 2 heterocycles. The smallest absolute Gasteiger partial charge is 0.315 e. The number of unbranched alkanes of at least 4 members (excludes halogenated alkanes) is 2. The number of thioether (sulfide) groups is 1. The summed E-state index contributed by atoms with van der Waals surface area (Å²) in [6.45, 7) is 0.408. The Morgan fingerprint density at radius 1 is 0.957 bits per heavy atom. The molecule has 46 heavy (non-hydrogen) atoms. The minimum Gasteiger partial charge on any atom is -0.356 e. The molecule has 5 atom stereocenters. The molecule has 2 aliphatic rings. The number of urea groups is 1. The molecule has 2 saturated heterocycles. The van der Waals surface area contributed by atoms with E-state index in [0.717, 1.165) is 25.0 Å². The van der Waals surface area contributed by atoms with Crippen LogP contribution in [-0.2, 0) is 20.8 Å². The lowest BCUT2D eigenvalue weighted by atomic mass is 10.0. The van der Waals surface area contributed by atoms with Crippen LogP contribution in [0.5, 0.6) is 0 Å². The Hall–Kier alpha value is -4.07. The van der Waals surface area contributed by atoms with E-state index in [9.17, 15) is 37.1 Å². The second-order valence-electron chi connectivity index (χ2n) is 11.4. The molecule has 10 nitrogen and oxygen atoms in total. The average molecular weight is 662 g/mol. The Morgan fingerprint density at radius 2 is 1.72 bits per heavy atom. The van der Waals surface area contributed by atoms with Crippen molar-refractivity contribution in [2.45, 2.75) is 80.8 Å². The Kier molecular flexibility index (Phi) is 12.9. The molecule has 4 rings (SSSR count). The Bertz CT molecular complexity index is 1400. The Morgan fingerprint density at radius 3 is 2.48 bits per heavy atom. The van der Waals surface area contributed by atoms with E-state index in [0.29, 0.717) is 49.0 Å². The van der Waals surface area contributed by atoms with Gasteiger partial charge >= 0.3 is 6.03 Å². The molecule has 5 N–H and O–H groups in total. The maximum Gasteiger partial charge on any atom is 0.315 e. The van der Waals surface area contributed by atoms with Gasteiger partial charge < -0.3 is 31.4 Å². The molecule has 0 saturated carbocycles. The van der Waals surface area contributed by atoms with E-state index in [1.807, 2.05) is 11.8 Å². The van der Waals surface area contributed by atoms with Gasteiger partial charge in [0, 0.05) is 36.5 Å². The van der Waals surface area contributed by atoms with Crippen LogP contribution in [0.2, 0.25) is 0 Å². The predicted molar refractivity (Wildman–Crippen MR) is 167 cm³/mol. The van der Waals surface area contributed by atoms with Crippen molar-refractivity contribution < 1.29 is 37.1 Å². The molecule has 14 heteroatoms. The summed E-state index contributed by atoms with van der Waals surface area (Å²) in [5.41, 5.74) is -0.0981. The van der Waals surface area contributed by atoms with Crippen molar-refractivity contribution in [3.05, 3.63) is 71.0 Å². The topological polar surface area (TPSA) is 146 Å². The van der Waals surface area contributed by atoms with Crippen LogP contribution >= 0.6 is 11.8 Å². The maximum atomic E-state index is 14.2. The van der Waals surface area contributed by atoms with Crippen molar-refractivity contribution >= 4 is 41.8 Å². The number of amides is 5. The van der Waals surface area contributed by atoms with Gasteiger partial charge in [-0.05, 0) is 43.7 Å². The van der Waals surface area contributed by atoms with Gasteiger partial charge in [0.2, 0.25) is 11.8 Å². The van der Waals surface area contributed by atoms with Crippen molar-refractivity contribution in [1.82, 2.24) is 26.6 Å². The zero-order chi connectivity index (χ0) is 33.1. The first-order valence-electron chi connectivity index (χ1n) is 15.3. The SMILES string of the molecule is O=C[C@H](CCCCNC(=O)CCCC[C@@H]1SC[C@@H]2NC(=O)N[C@@H]21)NC(=O)[C@H](Cc1ccccc1)NC(=O)c1cc(F)c(F)cc1F. The zero-order valence-corrected chi connectivity index (χ0v) is 26.0. The van der Waals surface area contributed by atoms with Crippen molar-refractivity contribution in [3.8, 4) is 0 Å². The maximum absolute atomic E-state index is 14.2. The summed E-state index contributed by atoms with van der Waals surface area (Å²) < 4.78 is 41.2. The number of halogens is 3. The van der Waals surface area contributed by atoms with E-state index in [2.05, 4.69) is 26.6 Å². The van der Waals surface area contributed by atoms with E-state index in [4.69, 9.17) is 0 Å². The second kappa shape index (κ2) is 17.0. The van der Waals surface area contributed by atoms with Crippen molar-refractivity contribution in [3.63, 3.8) is 0 Å². The van der Waals surface area contributed by atoms with Crippen LogP contribution in [0.3, 0.4) is 0 Å². The van der Waals surface area contributed by atoms with E-state index >= 15 is 0 Å². The lowest BCUT2D eigenvalue weighted by molar-refractivity contribution is -0.125. The van der Waals surface area contributed by atoms with Gasteiger partial charge in [0.1, 0.15) is 18.1 Å². The molecule has 0 unspecified atom stereocenters. The van der Waals surface area contributed by atoms with E-state index < -0.39 is 46.9 Å². The third-order valence-corrected chi connectivity index (χ3v) is 9.50. The number of hydrogen-bond donors (Lipinski definition) is 5. The fourth-order valence-corrected chi connectivity index (χ4v) is 7.07. The summed E-state index contributed by atoms with van der Waals surface area (Å²) >= 11 is 1.84. The highest BCUT2D eigenvalue weighted by Gasteiger charge is 2.42. The van der Waals surface area contributed by atoms with Gasteiger partial charge in [-0.2, -0.15) is 11.8 Å². The number of aldehydes is 1. The standard InChI is InChI=1S/C32H38F3N5O5S/c33-22-16-24(35)23(34)15-21(22)30(43)38-25(14-19-8-2-1-3-9-19)31(44)37-20(17-41)10-6-7-13-36-28(42)12-5-4-11-27-29-26(18-46-27)39-32(45)40-29/h1-3,8-9,15-17,20,25-27,29H,4-7,10-14,18H2,(H,36,42)(H,37,44)(H,38,43)(H2,39,40,45)/t20-,25-,26-,27-,29-/m0/s1. The predicted octanol–water partition coefficient (Wildman–Crippen LogP) is 3.14. The average Bonchev–Trinajstić information content (AvgIpc) is 3.59. The van der Waals surface area contributed by atoms with Crippen LogP contribution < -0.4 is 26.6 Å². The monoisotopic (exact) mass is 661 g/mol. The highest BCUT2D eigenvalue weighted by atomic mass is 32.2. The number of nitrogens with one attached hydrogen (secondary N) is 5. The molecule has 0 radical (unpaired) electrons. The molecule has 2 aromatic carbocycles. The summed E-state index contributed by atoms with van der Waals surface area (Å²) in [6, 6.07) is 7.42. The van der Waals surface area contributed by atoms with Gasteiger partial charge in [-0.25, -0.2) is 18.0 Å². The molecule has 2 fully saturated rings. The summed E-state index contributed by atoms with van der Waals surface area (Å²) in [5, 5.41) is 14.1. The third kappa shape index (κ3) is 9.96. The molecule has 0 spiro atoms. The molecule has 0 aliphatic carbocycles. The third-order valence-electron chi connectivity index (χ3n) is 8.00. The van der Waals surface area contributed by atoms with E-state index in [1.54, 1.807) is 30.3 Å². The first-order valence-corrected chi connectivity index (χ1v) is 16.4. The van der Waals surface area contributed by atoms with Crippen LogP contribution in [-0.4, -0.2) is 71.8 Å². The number of hydrogen-bond acceptors (Lipinski definition) is 6. The van der Waals surface area contributed by atoms with Crippen LogP contribution in [0.4, 0.5) is 18.0 Å². The highest BCUT2D eigenvalue weighted by Crippen LogP contribution is 2.33. The number of fused-ring (bicyclic) bond motifs is 1. The lowest BCUT2D eigenvalue weighted by Crippen LogP contribution is -2.51. The molecule has 2 aromatic rings. The quantitative estimate of drug-likeness (QED) is 0.0763. The van der Waals surface area contributed by atoms with Gasteiger partial charge in [-0.3, -0.25) is 14.4 Å². The van der Waals surface area contributed by atoms with Crippen molar-refractivity contribution in [1.29, 1.82) is 0 Å². The first-order chi connectivity index (χ1) is 22.1. The summed E-state index contributed by atoms with van der Waals surface area (Å²) in [5.74, 6) is -5.14. The molecule has 0 bridgehead atoms. The Balaban J connectivity index is 1.18. The number of carbonyl (C=O) groups excluding carboxylic acids is 5. The molecular formula is C32H38F3N5O5S. The molecular weight excluding hydrogens is 623 g/mol. The second-order valence-corrected chi connectivity index (χ2v) is 12.7. The Labute approximate surface area is 269 Å². The van der Waals surface area contributed by atoms with Gasteiger partial charge in [-0.15, -0.1) is 0 Å². The van der Waals surface area contributed by atoms with Crippen LogP contribution in [0.1, 0.15) is 60.9 Å². The highest BCUT2D eigenvalue weighted by molar-refractivity contribution is 8.00. The van der Waals surface area contributed by atoms with E-state index in [1.165, 1.54) is 0 Å². The van der Waals surface area contributed by atoms with Crippen LogP contribution in [0.15, 0.2) is 42.5 Å². The van der Waals surface area contributed by atoms with Crippen molar-refractivity contribution in [2.24, 2.45) is 0 Å². The molecule has 248 valence electrons. The van der Waals surface area contributed by atoms with Gasteiger partial charge in [0.25, 0.3) is 5.91 Å². The number of rotatable bonds is 17. The largest absolute Gasteiger partial charge is 0.356 e. The van der Waals surface area contributed by atoms with Crippen molar-refractivity contribution in [2.75, 3.05) is 12.3 Å².